The second kappa shape index (κ2) is 8.82. The Morgan fingerprint density at radius 3 is 2.75 bits per heavy atom. The summed E-state index contributed by atoms with van der Waals surface area (Å²) in [6, 6.07) is 0.0449. The first-order chi connectivity index (χ1) is 9.54. The summed E-state index contributed by atoms with van der Waals surface area (Å²) >= 11 is 0. The van der Waals surface area contributed by atoms with Gasteiger partial charge in [0.25, 0.3) is 0 Å². The first-order valence-electron chi connectivity index (χ1n) is 7.82. The number of urea groups is 1. The fraction of sp³-hybridized carbons (Fsp3) is 0.867. The molecule has 20 heavy (non-hydrogen) atoms. The molecule has 1 heterocycles. The maximum absolute atomic E-state index is 12.1. The highest BCUT2D eigenvalue weighted by molar-refractivity contribution is 5.76. The number of likely N-dealkylation sites (tertiary alicyclic amines) is 1. The Balaban J connectivity index is 2.28. The molecule has 0 aromatic heterocycles. The number of unbranched alkanes of at least 4 members (excludes halogenated alkanes) is 3. The van der Waals surface area contributed by atoms with Gasteiger partial charge in [-0.25, -0.2) is 4.79 Å². The first-order valence-corrected chi connectivity index (χ1v) is 7.82. The zero-order valence-corrected chi connectivity index (χ0v) is 12.7. The molecular formula is C15H28N2O3. The third-order valence-electron chi connectivity index (χ3n) is 3.92. The lowest BCUT2D eigenvalue weighted by Crippen LogP contribution is -2.49. The van der Waals surface area contributed by atoms with Gasteiger partial charge >= 0.3 is 12.0 Å². The number of carbonyl (C=O) groups excluding carboxylic acids is 1. The highest BCUT2D eigenvalue weighted by atomic mass is 16.4. The average Bonchev–Trinajstić information content (AvgIpc) is 2.43. The van der Waals surface area contributed by atoms with Crippen LogP contribution in [0.4, 0.5) is 4.79 Å². The second-order valence-corrected chi connectivity index (χ2v) is 5.82. The van der Waals surface area contributed by atoms with Crippen molar-refractivity contribution in [3.63, 3.8) is 0 Å². The van der Waals surface area contributed by atoms with Crippen LogP contribution in [0.2, 0.25) is 0 Å². The summed E-state index contributed by atoms with van der Waals surface area (Å²) in [6.45, 7) is 5.20. The van der Waals surface area contributed by atoms with Crippen molar-refractivity contribution >= 4 is 12.0 Å². The van der Waals surface area contributed by atoms with Crippen molar-refractivity contribution in [3.8, 4) is 0 Å². The van der Waals surface area contributed by atoms with Crippen LogP contribution < -0.4 is 5.32 Å². The molecule has 0 bridgehead atoms. The highest BCUT2D eigenvalue weighted by Crippen LogP contribution is 2.17. The van der Waals surface area contributed by atoms with Gasteiger partial charge in [0, 0.05) is 19.1 Å². The van der Waals surface area contributed by atoms with Crippen LogP contribution in [0.1, 0.15) is 58.8 Å². The third-order valence-corrected chi connectivity index (χ3v) is 3.92. The van der Waals surface area contributed by atoms with E-state index in [1.807, 2.05) is 6.92 Å². The molecule has 0 radical (unpaired) electrons. The van der Waals surface area contributed by atoms with Crippen molar-refractivity contribution in [3.05, 3.63) is 0 Å². The molecule has 0 aromatic carbocycles. The van der Waals surface area contributed by atoms with Crippen molar-refractivity contribution in [1.29, 1.82) is 0 Å². The van der Waals surface area contributed by atoms with Gasteiger partial charge in [0.1, 0.15) is 0 Å². The van der Waals surface area contributed by atoms with Gasteiger partial charge in [-0.3, -0.25) is 4.79 Å². The van der Waals surface area contributed by atoms with E-state index >= 15 is 0 Å². The van der Waals surface area contributed by atoms with E-state index in [-0.39, 0.29) is 12.1 Å². The number of carbonyl (C=O) groups is 2. The minimum Gasteiger partial charge on any atom is -0.481 e. The Labute approximate surface area is 121 Å². The highest BCUT2D eigenvalue weighted by Gasteiger charge is 2.28. The molecule has 0 saturated carbocycles. The molecule has 5 heteroatoms. The number of carboxylic acids is 1. The molecule has 1 saturated heterocycles. The van der Waals surface area contributed by atoms with Gasteiger partial charge in [-0.15, -0.1) is 0 Å². The lowest BCUT2D eigenvalue weighted by molar-refractivity contribution is -0.143. The molecule has 0 spiro atoms. The van der Waals surface area contributed by atoms with E-state index in [1.165, 1.54) is 19.3 Å². The summed E-state index contributed by atoms with van der Waals surface area (Å²) in [5, 5.41) is 12.0. The van der Waals surface area contributed by atoms with Crippen molar-refractivity contribution < 1.29 is 14.7 Å². The van der Waals surface area contributed by atoms with Crippen molar-refractivity contribution in [2.45, 2.75) is 64.8 Å². The van der Waals surface area contributed by atoms with Gasteiger partial charge in [0.15, 0.2) is 0 Å². The van der Waals surface area contributed by atoms with Crippen LogP contribution in [-0.4, -0.2) is 41.1 Å². The molecule has 116 valence electrons. The molecular weight excluding hydrogens is 256 g/mol. The van der Waals surface area contributed by atoms with E-state index in [9.17, 15) is 9.59 Å². The number of rotatable bonds is 7. The van der Waals surface area contributed by atoms with Crippen LogP contribution in [0.3, 0.4) is 0 Å². The number of amides is 2. The van der Waals surface area contributed by atoms with Crippen LogP contribution in [-0.2, 0) is 4.79 Å². The summed E-state index contributed by atoms with van der Waals surface area (Å²) < 4.78 is 0. The van der Waals surface area contributed by atoms with Gasteiger partial charge in [0.2, 0.25) is 0 Å². The zero-order valence-electron chi connectivity index (χ0n) is 12.7. The van der Waals surface area contributed by atoms with E-state index in [0.717, 1.165) is 19.3 Å². The number of hydrogen-bond acceptors (Lipinski definition) is 2. The Morgan fingerprint density at radius 1 is 1.35 bits per heavy atom. The summed E-state index contributed by atoms with van der Waals surface area (Å²) in [5.41, 5.74) is 0. The summed E-state index contributed by atoms with van der Waals surface area (Å²) in [7, 11) is 0. The van der Waals surface area contributed by atoms with Gasteiger partial charge in [-0.2, -0.15) is 0 Å². The maximum atomic E-state index is 12.1. The predicted octanol–water partition coefficient (Wildman–Crippen LogP) is 2.85. The van der Waals surface area contributed by atoms with E-state index in [2.05, 4.69) is 12.2 Å². The van der Waals surface area contributed by atoms with Crippen molar-refractivity contribution in [2.24, 2.45) is 5.92 Å². The fourth-order valence-corrected chi connectivity index (χ4v) is 2.61. The number of hydrogen-bond donors (Lipinski definition) is 2. The molecule has 1 rings (SSSR count). The number of aliphatic carboxylic acids is 1. The quantitative estimate of drug-likeness (QED) is 0.706. The van der Waals surface area contributed by atoms with Crippen molar-refractivity contribution in [2.75, 3.05) is 13.1 Å². The van der Waals surface area contributed by atoms with Crippen LogP contribution >= 0.6 is 0 Å². The monoisotopic (exact) mass is 284 g/mol. The van der Waals surface area contributed by atoms with Crippen LogP contribution in [0.25, 0.3) is 0 Å². The average molecular weight is 284 g/mol. The molecule has 1 aliphatic rings. The number of piperidine rings is 1. The molecule has 5 nitrogen and oxygen atoms in total. The third kappa shape index (κ3) is 5.80. The number of carboxylic acid groups (broad SMARTS) is 1. The number of nitrogens with zero attached hydrogens (tertiary/aromatic N) is 1. The standard InChI is InChI=1S/C15H28N2O3/c1-3-4-5-6-8-12(2)16-15(20)17-10-7-9-13(11-17)14(18)19/h12-13H,3-11H2,1-2H3,(H,16,20)(H,18,19)/t12?,13-/m1/s1. The molecule has 1 aliphatic heterocycles. The predicted molar refractivity (Wildman–Crippen MR) is 78.7 cm³/mol. The van der Waals surface area contributed by atoms with Gasteiger partial charge in [-0.1, -0.05) is 32.6 Å². The summed E-state index contributed by atoms with van der Waals surface area (Å²) in [6.07, 6.45) is 7.23. The topological polar surface area (TPSA) is 69.6 Å². The largest absolute Gasteiger partial charge is 0.481 e. The Morgan fingerprint density at radius 2 is 2.10 bits per heavy atom. The second-order valence-electron chi connectivity index (χ2n) is 5.82. The lowest BCUT2D eigenvalue weighted by Gasteiger charge is -2.31. The van der Waals surface area contributed by atoms with E-state index in [4.69, 9.17) is 5.11 Å². The SMILES string of the molecule is CCCCCCC(C)NC(=O)N1CCC[C@@H](C(=O)O)C1. The van der Waals surface area contributed by atoms with Gasteiger partial charge < -0.3 is 15.3 Å². The van der Waals surface area contributed by atoms with E-state index < -0.39 is 11.9 Å². The molecule has 2 amide bonds. The first kappa shape index (κ1) is 16.8. The smallest absolute Gasteiger partial charge is 0.317 e. The molecule has 0 aromatic rings. The van der Waals surface area contributed by atoms with Gasteiger partial charge in [0.05, 0.1) is 5.92 Å². The van der Waals surface area contributed by atoms with Crippen LogP contribution in [0.15, 0.2) is 0 Å². The van der Waals surface area contributed by atoms with Crippen LogP contribution in [0.5, 0.6) is 0 Å². The van der Waals surface area contributed by atoms with Crippen molar-refractivity contribution in [1.82, 2.24) is 10.2 Å². The Bertz CT molecular complexity index is 320. The molecule has 1 unspecified atom stereocenters. The summed E-state index contributed by atoms with van der Waals surface area (Å²) in [4.78, 5) is 24.7. The van der Waals surface area contributed by atoms with Crippen LogP contribution in [0, 0.1) is 5.92 Å². The molecule has 2 N–H and O–H groups in total. The zero-order chi connectivity index (χ0) is 15.0. The fourth-order valence-electron chi connectivity index (χ4n) is 2.61. The lowest BCUT2D eigenvalue weighted by atomic mass is 9.98. The minimum atomic E-state index is -0.796. The van der Waals surface area contributed by atoms with Gasteiger partial charge in [-0.05, 0) is 26.2 Å². The maximum Gasteiger partial charge on any atom is 0.317 e. The molecule has 0 aliphatic carbocycles. The Hall–Kier alpha value is -1.26. The summed E-state index contributed by atoms with van der Waals surface area (Å²) in [5.74, 6) is -1.20. The normalized spacial score (nSPS) is 20.5. The number of nitrogens with one attached hydrogen (secondary N) is 1. The molecule has 1 fully saturated rings. The minimum absolute atomic E-state index is 0.112. The van der Waals surface area contributed by atoms with E-state index in [0.29, 0.717) is 19.5 Å². The Kier molecular flexibility index (Phi) is 7.41. The van der Waals surface area contributed by atoms with E-state index in [1.54, 1.807) is 4.90 Å². The molecule has 2 atom stereocenters.